The van der Waals surface area contributed by atoms with Gasteiger partial charge in [0.05, 0.1) is 0 Å². The van der Waals surface area contributed by atoms with Gasteiger partial charge in [-0.25, -0.2) is 0 Å². The molecule has 0 aromatic carbocycles. The topological polar surface area (TPSA) is 50.4 Å². The van der Waals surface area contributed by atoms with Crippen molar-refractivity contribution in [2.45, 2.75) is 44.8 Å². The third kappa shape index (κ3) is 4.68. The Morgan fingerprint density at radius 2 is 2.14 bits per heavy atom. The lowest BCUT2D eigenvalue weighted by Gasteiger charge is -2.35. The molecule has 6 heteroatoms. The molecule has 0 saturated carbocycles. The van der Waals surface area contributed by atoms with Crippen molar-refractivity contribution < 1.29 is 9.53 Å². The molecule has 0 spiro atoms. The van der Waals surface area contributed by atoms with Gasteiger partial charge in [-0.3, -0.25) is 4.79 Å². The SMILES string of the molecule is COC1(C(=O)NC(C)Cc2ccc(C)s2)CCNCC1.Cl. The van der Waals surface area contributed by atoms with E-state index in [0.29, 0.717) is 0 Å². The summed E-state index contributed by atoms with van der Waals surface area (Å²) in [6.45, 7) is 5.82. The summed E-state index contributed by atoms with van der Waals surface area (Å²) in [6, 6.07) is 4.39. The number of methoxy groups -OCH3 is 1. The van der Waals surface area contributed by atoms with Crippen LogP contribution in [-0.2, 0) is 16.0 Å². The zero-order valence-electron chi connectivity index (χ0n) is 12.9. The number of halogens is 1. The number of rotatable bonds is 5. The van der Waals surface area contributed by atoms with Crippen LogP contribution in [0.4, 0.5) is 0 Å². The molecule has 0 radical (unpaired) electrons. The van der Waals surface area contributed by atoms with Crippen LogP contribution in [0, 0.1) is 6.92 Å². The Labute approximate surface area is 137 Å². The Bertz CT molecular complexity index is 458. The number of amides is 1. The van der Waals surface area contributed by atoms with Crippen LogP contribution in [0.2, 0.25) is 0 Å². The number of aryl methyl sites for hydroxylation is 1. The normalized spacial score (nSPS) is 18.6. The zero-order valence-corrected chi connectivity index (χ0v) is 14.5. The van der Waals surface area contributed by atoms with Crippen molar-refractivity contribution in [2.75, 3.05) is 20.2 Å². The fourth-order valence-corrected chi connectivity index (χ4v) is 3.68. The van der Waals surface area contributed by atoms with E-state index in [-0.39, 0.29) is 24.4 Å². The molecule has 1 atom stereocenters. The first-order chi connectivity index (χ1) is 9.55. The summed E-state index contributed by atoms with van der Waals surface area (Å²) in [6.07, 6.45) is 2.35. The number of carbonyl (C=O) groups excluding carboxylic acids is 1. The van der Waals surface area contributed by atoms with Crippen LogP contribution in [0.5, 0.6) is 0 Å². The summed E-state index contributed by atoms with van der Waals surface area (Å²) < 4.78 is 5.55. The van der Waals surface area contributed by atoms with Gasteiger partial charge in [-0.2, -0.15) is 0 Å². The average Bonchev–Trinajstić information content (AvgIpc) is 2.84. The van der Waals surface area contributed by atoms with Gasteiger partial charge in [0.2, 0.25) is 0 Å². The van der Waals surface area contributed by atoms with E-state index >= 15 is 0 Å². The molecule has 2 N–H and O–H groups in total. The van der Waals surface area contributed by atoms with Crippen LogP contribution < -0.4 is 10.6 Å². The lowest BCUT2D eigenvalue weighted by molar-refractivity contribution is -0.147. The van der Waals surface area contributed by atoms with Crippen LogP contribution in [-0.4, -0.2) is 37.7 Å². The van der Waals surface area contributed by atoms with Crippen molar-refractivity contribution in [3.05, 3.63) is 21.9 Å². The molecule has 1 unspecified atom stereocenters. The fraction of sp³-hybridized carbons (Fsp3) is 0.667. The Morgan fingerprint density at radius 1 is 1.48 bits per heavy atom. The van der Waals surface area contributed by atoms with E-state index in [0.717, 1.165) is 32.4 Å². The number of hydrogen-bond donors (Lipinski definition) is 2. The molecule has 1 aliphatic heterocycles. The number of carbonyl (C=O) groups is 1. The maximum absolute atomic E-state index is 12.5. The predicted molar refractivity (Wildman–Crippen MR) is 89.5 cm³/mol. The lowest BCUT2D eigenvalue weighted by atomic mass is 9.90. The van der Waals surface area contributed by atoms with Crippen molar-refractivity contribution in [3.63, 3.8) is 0 Å². The first-order valence-electron chi connectivity index (χ1n) is 7.18. The average molecular weight is 333 g/mol. The predicted octanol–water partition coefficient (Wildman–Crippen LogP) is 2.29. The van der Waals surface area contributed by atoms with Gasteiger partial charge in [0.25, 0.3) is 5.91 Å². The van der Waals surface area contributed by atoms with Gasteiger partial charge >= 0.3 is 0 Å². The van der Waals surface area contributed by atoms with Gasteiger partial charge in [0.15, 0.2) is 0 Å². The molecule has 1 amide bonds. The zero-order chi connectivity index (χ0) is 14.6. The van der Waals surface area contributed by atoms with Crippen molar-refractivity contribution in [1.29, 1.82) is 0 Å². The summed E-state index contributed by atoms with van der Waals surface area (Å²) in [5.41, 5.74) is -0.648. The lowest BCUT2D eigenvalue weighted by Crippen LogP contribution is -2.55. The maximum atomic E-state index is 12.5. The summed E-state index contributed by atoms with van der Waals surface area (Å²) in [5.74, 6) is 0.0299. The summed E-state index contributed by atoms with van der Waals surface area (Å²) in [5, 5.41) is 6.38. The quantitative estimate of drug-likeness (QED) is 0.870. The number of piperidine rings is 1. The molecule has 1 aromatic heterocycles. The molecule has 120 valence electrons. The Morgan fingerprint density at radius 3 is 2.67 bits per heavy atom. The minimum atomic E-state index is -0.648. The summed E-state index contributed by atoms with van der Waals surface area (Å²) in [4.78, 5) is 15.1. The van der Waals surface area contributed by atoms with Gasteiger partial charge in [0.1, 0.15) is 5.60 Å². The minimum absolute atomic E-state index is 0. The van der Waals surface area contributed by atoms with Gasteiger partial charge in [-0.1, -0.05) is 0 Å². The maximum Gasteiger partial charge on any atom is 0.252 e. The molecule has 0 bridgehead atoms. The monoisotopic (exact) mass is 332 g/mol. The fourth-order valence-electron chi connectivity index (χ4n) is 2.66. The second-order valence-electron chi connectivity index (χ2n) is 5.54. The van der Waals surface area contributed by atoms with Crippen LogP contribution in [0.1, 0.15) is 29.5 Å². The Kier molecular flexibility index (Phi) is 7.13. The molecular weight excluding hydrogens is 308 g/mol. The van der Waals surface area contributed by atoms with Gasteiger partial charge in [-0.15, -0.1) is 23.7 Å². The van der Waals surface area contributed by atoms with E-state index in [9.17, 15) is 4.79 Å². The van der Waals surface area contributed by atoms with Crippen LogP contribution in [0.15, 0.2) is 12.1 Å². The molecule has 4 nitrogen and oxygen atoms in total. The van der Waals surface area contributed by atoms with E-state index in [1.165, 1.54) is 9.75 Å². The molecule has 21 heavy (non-hydrogen) atoms. The number of thiophene rings is 1. The third-order valence-electron chi connectivity index (χ3n) is 3.90. The highest BCUT2D eigenvalue weighted by Gasteiger charge is 2.40. The van der Waals surface area contributed by atoms with E-state index in [1.54, 1.807) is 18.4 Å². The molecule has 2 heterocycles. The Hall–Kier alpha value is -0.620. The largest absolute Gasteiger partial charge is 0.368 e. The first-order valence-corrected chi connectivity index (χ1v) is 7.99. The van der Waals surface area contributed by atoms with E-state index in [1.807, 2.05) is 0 Å². The molecular formula is C15H25ClN2O2S. The van der Waals surface area contributed by atoms with Gasteiger partial charge in [0, 0.05) is 29.3 Å². The van der Waals surface area contributed by atoms with Crippen LogP contribution >= 0.6 is 23.7 Å². The highest BCUT2D eigenvalue weighted by atomic mass is 35.5. The number of ether oxygens (including phenoxy) is 1. The van der Waals surface area contributed by atoms with Crippen molar-refractivity contribution in [2.24, 2.45) is 0 Å². The standard InChI is InChI=1S/C15H24N2O2S.ClH/c1-11(10-13-5-4-12(2)20-13)17-14(18)15(19-3)6-8-16-9-7-15;/h4-5,11,16H,6-10H2,1-3H3,(H,17,18);1H. The smallest absolute Gasteiger partial charge is 0.252 e. The summed E-state index contributed by atoms with van der Waals surface area (Å²) in [7, 11) is 1.64. The molecule has 0 aliphatic carbocycles. The second-order valence-corrected chi connectivity index (χ2v) is 6.91. The van der Waals surface area contributed by atoms with Crippen LogP contribution in [0.3, 0.4) is 0 Å². The number of hydrogen-bond acceptors (Lipinski definition) is 4. The first kappa shape index (κ1) is 18.4. The second kappa shape index (κ2) is 8.13. The van der Waals surface area contributed by atoms with Crippen LogP contribution in [0.25, 0.3) is 0 Å². The third-order valence-corrected chi connectivity index (χ3v) is 4.92. The highest BCUT2D eigenvalue weighted by molar-refractivity contribution is 7.11. The van der Waals surface area contributed by atoms with Gasteiger partial charge < -0.3 is 15.4 Å². The molecule has 1 aliphatic rings. The van der Waals surface area contributed by atoms with Crippen molar-refractivity contribution in [1.82, 2.24) is 10.6 Å². The number of nitrogens with one attached hydrogen (secondary N) is 2. The molecule has 1 aromatic rings. The van der Waals surface area contributed by atoms with E-state index in [2.05, 4.69) is 36.6 Å². The van der Waals surface area contributed by atoms with Gasteiger partial charge in [-0.05, 0) is 51.9 Å². The van der Waals surface area contributed by atoms with Crippen molar-refractivity contribution >= 4 is 29.7 Å². The molecule has 2 rings (SSSR count). The van der Waals surface area contributed by atoms with E-state index in [4.69, 9.17) is 4.74 Å². The molecule has 1 fully saturated rings. The molecule has 1 saturated heterocycles. The summed E-state index contributed by atoms with van der Waals surface area (Å²) >= 11 is 1.79. The van der Waals surface area contributed by atoms with Crippen molar-refractivity contribution in [3.8, 4) is 0 Å². The minimum Gasteiger partial charge on any atom is -0.368 e. The van der Waals surface area contributed by atoms with E-state index < -0.39 is 5.60 Å². The highest BCUT2D eigenvalue weighted by Crippen LogP contribution is 2.23. The Balaban J connectivity index is 0.00000220.